The van der Waals surface area contributed by atoms with Gasteiger partial charge in [0.05, 0.1) is 22.8 Å². The molecule has 0 bridgehead atoms. The summed E-state index contributed by atoms with van der Waals surface area (Å²) >= 11 is 1.39. The lowest BCUT2D eigenvalue weighted by atomic mass is 10.2. The Morgan fingerprint density at radius 1 is 1.06 bits per heavy atom. The standard InChI is InChI=1S/C21H23F3N2O4S2/c1-15(31-18-8-6-17(30-2)7-9-18)20(27)25-10-12-26(13-11-25)32(28,29)19-5-3-4-16(14-19)21(22,23)24/h3-9,14-15H,10-13H2,1-2H3. The van der Waals surface area contributed by atoms with Crippen molar-refractivity contribution in [2.75, 3.05) is 33.3 Å². The van der Waals surface area contributed by atoms with Gasteiger partial charge in [-0.15, -0.1) is 11.8 Å². The number of hydrogen-bond donors (Lipinski definition) is 0. The van der Waals surface area contributed by atoms with Gasteiger partial charge in [-0.05, 0) is 49.4 Å². The fourth-order valence-electron chi connectivity index (χ4n) is 3.30. The molecule has 0 radical (unpaired) electrons. The predicted octanol–water partition coefficient (Wildman–Crippen LogP) is 3.73. The summed E-state index contributed by atoms with van der Waals surface area (Å²) in [5.74, 6) is 0.591. The molecular weight excluding hydrogens is 465 g/mol. The van der Waals surface area contributed by atoms with Crippen LogP contribution in [-0.2, 0) is 21.0 Å². The minimum absolute atomic E-state index is 0.0181. The quantitative estimate of drug-likeness (QED) is 0.580. The second kappa shape index (κ2) is 9.72. The molecule has 1 unspecified atom stereocenters. The zero-order valence-electron chi connectivity index (χ0n) is 17.5. The Balaban J connectivity index is 1.61. The summed E-state index contributed by atoms with van der Waals surface area (Å²) in [4.78, 5) is 14.9. The lowest BCUT2D eigenvalue weighted by Crippen LogP contribution is -2.52. The second-order valence-electron chi connectivity index (χ2n) is 7.19. The molecule has 1 aliphatic rings. The van der Waals surface area contributed by atoms with Crippen molar-refractivity contribution >= 4 is 27.7 Å². The van der Waals surface area contributed by atoms with E-state index in [-0.39, 0.29) is 37.3 Å². The smallest absolute Gasteiger partial charge is 0.416 e. The molecule has 11 heteroatoms. The van der Waals surface area contributed by atoms with Crippen molar-refractivity contribution in [1.82, 2.24) is 9.21 Å². The van der Waals surface area contributed by atoms with E-state index in [1.54, 1.807) is 31.1 Å². The molecule has 0 aromatic heterocycles. The summed E-state index contributed by atoms with van der Waals surface area (Å²) in [7, 11) is -2.52. The van der Waals surface area contributed by atoms with E-state index in [1.807, 2.05) is 12.1 Å². The van der Waals surface area contributed by atoms with Crippen molar-refractivity contribution in [2.24, 2.45) is 0 Å². The summed E-state index contributed by atoms with van der Waals surface area (Å²) in [5, 5.41) is -0.380. The normalized spacial score (nSPS) is 16.6. The number of rotatable bonds is 6. The van der Waals surface area contributed by atoms with Crippen LogP contribution in [0.4, 0.5) is 13.2 Å². The molecule has 1 saturated heterocycles. The molecule has 174 valence electrons. The molecule has 0 N–H and O–H groups in total. The maximum atomic E-state index is 12.9. The third kappa shape index (κ3) is 5.57. The van der Waals surface area contributed by atoms with Crippen LogP contribution in [0, 0.1) is 0 Å². The number of alkyl halides is 3. The number of amides is 1. The summed E-state index contributed by atoms with van der Waals surface area (Å²) in [6.07, 6.45) is -4.63. The maximum Gasteiger partial charge on any atom is 0.416 e. The minimum atomic E-state index is -4.63. The summed E-state index contributed by atoms with van der Waals surface area (Å²) in [6, 6.07) is 11.0. The van der Waals surface area contributed by atoms with E-state index in [4.69, 9.17) is 4.74 Å². The van der Waals surface area contributed by atoms with Crippen LogP contribution in [0.15, 0.2) is 58.3 Å². The van der Waals surface area contributed by atoms with E-state index in [9.17, 15) is 26.4 Å². The number of carbonyl (C=O) groups is 1. The van der Waals surface area contributed by atoms with Gasteiger partial charge in [-0.25, -0.2) is 8.42 Å². The number of nitrogens with zero attached hydrogens (tertiary/aromatic N) is 2. The number of thioether (sulfide) groups is 1. The van der Waals surface area contributed by atoms with Gasteiger partial charge < -0.3 is 9.64 Å². The second-order valence-corrected chi connectivity index (χ2v) is 10.5. The van der Waals surface area contributed by atoms with Crippen LogP contribution in [0.25, 0.3) is 0 Å². The van der Waals surface area contributed by atoms with Crippen molar-refractivity contribution in [1.29, 1.82) is 0 Å². The molecule has 32 heavy (non-hydrogen) atoms. The number of hydrogen-bond acceptors (Lipinski definition) is 5. The summed E-state index contributed by atoms with van der Waals surface area (Å²) in [6.45, 7) is 2.16. The molecule has 1 atom stereocenters. The van der Waals surface area contributed by atoms with Gasteiger partial charge in [0.25, 0.3) is 0 Å². The molecule has 2 aromatic rings. The zero-order chi connectivity index (χ0) is 23.5. The Morgan fingerprint density at radius 3 is 2.25 bits per heavy atom. The Kier molecular flexibility index (Phi) is 7.41. The molecule has 1 heterocycles. The molecular formula is C21H23F3N2O4S2. The Morgan fingerprint density at radius 2 is 1.69 bits per heavy atom. The van der Waals surface area contributed by atoms with E-state index in [1.165, 1.54) is 11.8 Å². The highest BCUT2D eigenvalue weighted by molar-refractivity contribution is 8.00. The third-order valence-electron chi connectivity index (χ3n) is 5.07. The van der Waals surface area contributed by atoms with Crippen molar-refractivity contribution in [2.45, 2.75) is 28.1 Å². The van der Waals surface area contributed by atoms with Crippen LogP contribution in [0.2, 0.25) is 0 Å². The molecule has 1 amide bonds. The van der Waals surface area contributed by atoms with Crippen LogP contribution in [0.3, 0.4) is 0 Å². The lowest BCUT2D eigenvalue weighted by molar-refractivity contribution is -0.137. The van der Waals surface area contributed by atoms with E-state index in [0.717, 1.165) is 27.4 Å². The fraction of sp³-hybridized carbons (Fsp3) is 0.381. The molecule has 1 aliphatic heterocycles. The zero-order valence-corrected chi connectivity index (χ0v) is 19.1. The van der Waals surface area contributed by atoms with Gasteiger partial charge in [-0.2, -0.15) is 17.5 Å². The number of benzene rings is 2. The van der Waals surface area contributed by atoms with E-state index < -0.39 is 26.7 Å². The molecule has 6 nitrogen and oxygen atoms in total. The van der Waals surface area contributed by atoms with E-state index in [0.29, 0.717) is 11.8 Å². The minimum Gasteiger partial charge on any atom is -0.497 e. The van der Waals surface area contributed by atoms with Gasteiger partial charge >= 0.3 is 6.18 Å². The summed E-state index contributed by atoms with van der Waals surface area (Å²) < 4.78 is 70.7. The Bertz CT molecular complexity index is 1050. The predicted molar refractivity (Wildman–Crippen MR) is 115 cm³/mol. The third-order valence-corrected chi connectivity index (χ3v) is 8.06. The molecule has 0 spiro atoms. The van der Waals surface area contributed by atoms with Crippen LogP contribution in [0.5, 0.6) is 5.75 Å². The van der Waals surface area contributed by atoms with Crippen molar-refractivity contribution < 1.29 is 31.1 Å². The highest BCUT2D eigenvalue weighted by Crippen LogP contribution is 2.31. The highest BCUT2D eigenvalue weighted by Gasteiger charge is 2.35. The average Bonchev–Trinajstić information content (AvgIpc) is 2.78. The first kappa shape index (κ1) is 24.4. The van der Waals surface area contributed by atoms with Crippen LogP contribution >= 0.6 is 11.8 Å². The molecule has 0 saturated carbocycles. The molecule has 2 aromatic carbocycles. The van der Waals surface area contributed by atoms with Gasteiger partial charge in [0.2, 0.25) is 15.9 Å². The van der Waals surface area contributed by atoms with Gasteiger partial charge in [-0.3, -0.25) is 4.79 Å². The Hall–Kier alpha value is -2.24. The van der Waals surface area contributed by atoms with Crippen molar-refractivity contribution in [3.8, 4) is 5.75 Å². The number of carbonyl (C=O) groups excluding carboxylic acids is 1. The summed E-state index contributed by atoms with van der Waals surface area (Å²) in [5.41, 5.74) is -1.02. The first-order chi connectivity index (χ1) is 15.0. The monoisotopic (exact) mass is 488 g/mol. The van der Waals surface area contributed by atoms with Crippen LogP contribution < -0.4 is 4.74 Å². The topological polar surface area (TPSA) is 66.9 Å². The SMILES string of the molecule is COc1ccc(SC(C)C(=O)N2CCN(S(=O)(=O)c3cccc(C(F)(F)F)c3)CC2)cc1. The Labute approximate surface area is 189 Å². The van der Waals surface area contributed by atoms with Crippen molar-refractivity contribution in [3.63, 3.8) is 0 Å². The first-order valence-electron chi connectivity index (χ1n) is 9.79. The van der Waals surface area contributed by atoms with E-state index >= 15 is 0 Å². The largest absolute Gasteiger partial charge is 0.497 e. The van der Waals surface area contributed by atoms with Gasteiger partial charge in [-0.1, -0.05) is 6.07 Å². The average molecular weight is 489 g/mol. The lowest BCUT2D eigenvalue weighted by Gasteiger charge is -2.35. The highest BCUT2D eigenvalue weighted by atomic mass is 32.2. The van der Waals surface area contributed by atoms with E-state index in [2.05, 4.69) is 0 Å². The van der Waals surface area contributed by atoms with Gasteiger partial charge in [0.1, 0.15) is 5.75 Å². The molecule has 1 fully saturated rings. The fourth-order valence-corrected chi connectivity index (χ4v) is 5.72. The number of halogens is 3. The van der Waals surface area contributed by atoms with Crippen molar-refractivity contribution in [3.05, 3.63) is 54.1 Å². The van der Waals surface area contributed by atoms with Crippen LogP contribution in [0.1, 0.15) is 12.5 Å². The molecule has 0 aliphatic carbocycles. The number of ether oxygens (including phenoxy) is 1. The van der Waals surface area contributed by atoms with Gasteiger partial charge in [0, 0.05) is 31.1 Å². The van der Waals surface area contributed by atoms with Crippen LogP contribution in [-0.4, -0.2) is 62.1 Å². The number of sulfonamides is 1. The number of piperazine rings is 1. The molecule has 3 rings (SSSR count). The first-order valence-corrected chi connectivity index (χ1v) is 12.1. The number of methoxy groups -OCH3 is 1. The van der Waals surface area contributed by atoms with Gasteiger partial charge in [0.15, 0.2) is 0 Å². The maximum absolute atomic E-state index is 12.9.